The third-order valence-electron chi connectivity index (χ3n) is 3.82. The Balaban J connectivity index is 1.52. The minimum Gasteiger partial charge on any atom is -0.470 e. The molecule has 6 heteroatoms. The predicted molar refractivity (Wildman–Crippen MR) is 87.2 cm³/mol. The van der Waals surface area contributed by atoms with E-state index in [9.17, 15) is 0 Å². The summed E-state index contributed by atoms with van der Waals surface area (Å²) < 4.78 is 5.78. The van der Waals surface area contributed by atoms with E-state index in [1.165, 1.54) is 35.0 Å². The first kappa shape index (κ1) is 14.9. The van der Waals surface area contributed by atoms with E-state index in [4.69, 9.17) is 4.74 Å². The topological polar surface area (TPSA) is 38.2 Å². The van der Waals surface area contributed by atoms with Crippen molar-refractivity contribution in [3.05, 3.63) is 27.2 Å². The van der Waals surface area contributed by atoms with Crippen LogP contribution in [0, 0.1) is 19.8 Å². The van der Waals surface area contributed by atoms with E-state index in [1.807, 2.05) is 16.7 Å². The first-order valence-electron chi connectivity index (χ1n) is 7.38. The molecule has 0 amide bonds. The lowest BCUT2D eigenvalue weighted by atomic mass is 9.99. The van der Waals surface area contributed by atoms with E-state index in [0.29, 0.717) is 5.92 Å². The molecule has 0 aromatic carbocycles. The van der Waals surface area contributed by atoms with E-state index in [0.717, 1.165) is 24.9 Å². The molecule has 2 aromatic rings. The van der Waals surface area contributed by atoms with Crippen molar-refractivity contribution in [2.45, 2.75) is 33.2 Å². The normalized spacial score (nSPS) is 19.8. The molecule has 0 bridgehead atoms. The summed E-state index contributed by atoms with van der Waals surface area (Å²) in [7, 11) is 0. The second kappa shape index (κ2) is 6.85. The number of thiazole rings is 2. The summed E-state index contributed by atoms with van der Waals surface area (Å²) in [6, 6.07) is 0. The average Bonchev–Trinajstić information content (AvgIpc) is 3.07. The Morgan fingerprint density at radius 3 is 3.05 bits per heavy atom. The second-order valence-corrected chi connectivity index (χ2v) is 7.74. The minimum absolute atomic E-state index is 0.608. The van der Waals surface area contributed by atoms with Gasteiger partial charge >= 0.3 is 0 Å². The van der Waals surface area contributed by atoms with Crippen LogP contribution in [0.5, 0.6) is 5.19 Å². The van der Waals surface area contributed by atoms with Crippen LogP contribution in [0.25, 0.3) is 0 Å². The van der Waals surface area contributed by atoms with Crippen molar-refractivity contribution in [2.75, 3.05) is 19.7 Å². The third kappa shape index (κ3) is 4.02. The molecule has 3 heterocycles. The third-order valence-corrected chi connectivity index (χ3v) is 5.56. The highest BCUT2D eigenvalue weighted by molar-refractivity contribution is 7.11. The van der Waals surface area contributed by atoms with Crippen LogP contribution in [0.15, 0.2) is 11.6 Å². The molecule has 0 saturated carbocycles. The van der Waals surface area contributed by atoms with Crippen molar-refractivity contribution in [2.24, 2.45) is 5.92 Å². The highest BCUT2D eigenvalue weighted by Crippen LogP contribution is 2.24. The first-order valence-corrected chi connectivity index (χ1v) is 9.08. The number of nitrogens with zero attached hydrogens (tertiary/aromatic N) is 3. The molecule has 0 N–H and O–H groups in total. The maximum Gasteiger partial charge on any atom is 0.273 e. The van der Waals surface area contributed by atoms with Gasteiger partial charge in [0, 0.05) is 35.5 Å². The van der Waals surface area contributed by atoms with Gasteiger partial charge in [-0.3, -0.25) is 4.90 Å². The highest BCUT2D eigenvalue weighted by atomic mass is 32.1. The lowest BCUT2D eigenvalue weighted by molar-refractivity contribution is 0.125. The Morgan fingerprint density at radius 1 is 1.43 bits per heavy atom. The Hall–Kier alpha value is -0.980. The monoisotopic (exact) mass is 323 g/mol. The summed E-state index contributed by atoms with van der Waals surface area (Å²) in [5.41, 5.74) is 1.19. The number of piperidine rings is 1. The molecule has 1 fully saturated rings. The molecular weight excluding hydrogens is 302 g/mol. The quantitative estimate of drug-likeness (QED) is 0.844. The molecule has 4 nitrogen and oxygen atoms in total. The van der Waals surface area contributed by atoms with Crippen LogP contribution >= 0.6 is 22.7 Å². The number of hydrogen-bond donors (Lipinski definition) is 0. The fourth-order valence-electron chi connectivity index (χ4n) is 2.82. The lowest BCUT2D eigenvalue weighted by Crippen LogP contribution is -2.37. The van der Waals surface area contributed by atoms with E-state index < -0.39 is 0 Å². The smallest absolute Gasteiger partial charge is 0.273 e. The van der Waals surface area contributed by atoms with Gasteiger partial charge in [0.15, 0.2) is 0 Å². The van der Waals surface area contributed by atoms with Crippen LogP contribution in [0.3, 0.4) is 0 Å². The molecule has 114 valence electrons. The Labute approximate surface area is 133 Å². The predicted octanol–water partition coefficient (Wildman–Crippen LogP) is 3.51. The molecule has 0 aliphatic carbocycles. The van der Waals surface area contributed by atoms with Crippen molar-refractivity contribution in [1.29, 1.82) is 0 Å². The van der Waals surface area contributed by atoms with Crippen LogP contribution < -0.4 is 4.74 Å². The van der Waals surface area contributed by atoms with Gasteiger partial charge in [0.25, 0.3) is 5.19 Å². The van der Waals surface area contributed by atoms with Crippen LogP contribution in [0.2, 0.25) is 0 Å². The summed E-state index contributed by atoms with van der Waals surface area (Å²) in [6.07, 6.45) is 4.30. The largest absolute Gasteiger partial charge is 0.470 e. The molecule has 2 aromatic heterocycles. The number of likely N-dealkylation sites (tertiary alicyclic amines) is 1. The van der Waals surface area contributed by atoms with Crippen LogP contribution in [-0.2, 0) is 6.54 Å². The van der Waals surface area contributed by atoms with Crippen LogP contribution in [0.4, 0.5) is 0 Å². The molecule has 0 radical (unpaired) electrons. The van der Waals surface area contributed by atoms with E-state index in [-0.39, 0.29) is 0 Å². The van der Waals surface area contributed by atoms with Gasteiger partial charge in [-0.05, 0) is 33.2 Å². The molecule has 1 unspecified atom stereocenters. The van der Waals surface area contributed by atoms with Crippen molar-refractivity contribution >= 4 is 22.7 Å². The zero-order valence-corrected chi connectivity index (χ0v) is 14.2. The standard InChI is InChI=1S/C15H21N3OS2/c1-11-14(21-12(2)17-11)9-18-6-3-4-13(8-18)10-19-15-16-5-7-20-15/h5,7,13H,3-4,6,8-10H2,1-2H3. The van der Waals surface area contributed by atoms with Crippen LogP contribution in [-0.4, -0.2) is 34.6 Å². The zero-order valence-electron chi connectivity index (χ0n) is 12.5. The molecule has 21 heavy (non-hydrogen) atoms. The Morgan fingerprint density at radius 2 is 2.33 bits per heavy atom. The minimum atomic E-state index is 0.608. The number of ether oxygens (including phenoxy) is 1. The van der Waals surface area contributed by atoms with Crippen molar-refractivity contribution in [3.8, 4) is 5.19 Å². The highest BCUT2D eigenvalue weighted by Gasteiger charge is 2.22. The van der Waals surface area contributed by atoms with E-state index >= 15 is 0 Å². The first-order chi connectivity index (χ1) is 10.2. The molecule has 1 saturated heterocycles. The SMILES string of the molecule is Cc1nc(C)c(CN2CCCC(COc3nccs3)C2)s1. The summed E-state index contributed by atoms with van der Waals surface area (Å²) in [5.74, 6) is 0.608. The van der Waals surface area contributed by atoms with Crippen molar-refractivity contribution in [1.82, 2.24) is 14.9 Å². The Kier molecular flexibility index (Phi) is 4.87. The van der Waals surface area contributed by atoms with Crippen LogP contribution in [0.1, 0.15) is 28.4 Å². The average molecular weight is 323 g/mol. The summed E-state index contributed by atoms with van der Waals surface area (Å²) in [5, 5.41) is 3.92. The molecule has 1 atom stereocenters. The van der Waals surface area contributed by atoms with Gasteiger partial charge in [0.2, 0.25) is 0 Å². The number of aryl methyl sites for hydroxylation is 2. The Bertz CT molecular complexity index is 567. The number of hydrogen-bond acceptors (Lipinski definition) is 6. The molecular formula is C15H21N3OS2. The van der Waals surface area contributed by atoms with Gasteiger partial charge in [-0.2, -0.15) is 0 Å². The molecule has 0 spiro atoms. The molecule has 1 aliphatic rings. The second-order valence-electron chi connectivity index (χ2n) is 5.59. The van der Waals surface area contributed by atoms with Gasteiger partial charge in [0.1, 0.15) is 0 Å². The summed E-state index contributed by atoms with van der Waals surface area (Å²) in [6.45, 7) is 8.32. The number of aromatic nitrogens is 2. The number of rotatable bonds is 5. The van der Waals surface area contributed by atoms with Gasteiger partial charge in [-0.15, -0.1) is 11.3 Å². The molecule has 1 aliphatic heterocycles. The van der Waals surface area contributed by atoms with Gasteiger partial charge in [-0.1, -0.05) is 11.3 Å². The van der Waals surface area contributed by atoms with Gasteiger partial charge in [0.05, 0.1) is 17.3 Å². The van der Waals surface area contributed by atoms with Gasteiger partial charge in [-0.25, -0.2) is 9.97 Å². The maximum absolute atomic E-state index is 5.78. The lowest BCUT2D eigenvalue weighted by Gasteiger charge is -2.32. The van der Waals surface area contributed by atoms with Crippen molar-refractivity contribution in [3.63, 3.8) is 0 Å². The van der Waals surface area contributed by atoms with Crippen molar-refractivity contribution < 1.29 is 4.74 Å². The fourth-order valence-corrected chi connectivity index (χ4v) is 4.30. The fraction of sp³-hybridized carbons (Fsp3) is 0.600. The maximum atomic E-state index is 5.78. The van der Waals surface area contributed by atoms with E-state index in [1.54, 1.807) is 17.5 Å². The van der Waals surface area contributed by atoms with Gasteiger partial charge < -0.3 is 4.74 Å². The zero-order chi connectivity index (χ0) is 14.7. The summed E-state index contributed by atoms with van der Waals surface area (Å²) >= 11 is 3.39. The molecule has 3 rings (SSSR count). The van der Waals surface area contributed by atoms with E-state index in [2.05, 4.69) is 28.7 Å². The summed E-state index contributed by atoms with van der Waals surface area (Å²) in [4.78, 5) is 12.7.